The number of hydrogen-bond acceptors (Lipinski definition) is 2. The lowest BCUT2D eigenvalue weighted by Crippen LogP contribution is -2.30. The number of likely N-dealkylation sites (N-methyl/N-ethyl adjacent to an activating group) is 1. The van der Waals surface area contributed by atoms with Crippen LogP contribution in [0, 0.1) is 11.6 Å². The summed E-state index contributed by atoms with van der Waals surface area (Å²) in [5.41, 5.74) is 1.29. The highest BCUT2D eigenvalue weighted by atomic mass is 19.1. The van der Waals surface area contributed by atoms with Crippen LogP contribution < -0.4 is 4.74 Å². The van der Waals surface area contributed by atoms with Gasteiger partial charge in [-0.2, -0.15) is 0 Å². The highest BCUT2D eigenvalue weighted by Crippen LogP contribution is 2.28. The average Bonchev–Trinajstić information content (AvgIpc) is 2.69. The van der Waals surface area contributed by atoms with Gasteiger partial charge in [-0.05, 0) is 36.8 Å². The summed E-state index contributed by atoms with van der Waals surface area (Å²) >= 11 is 0. The zero-order valence-electron chi connectivity index (χ0n) is 12.6. The van der Waals surface area contributed by atoms with Crippen LogP contribution in [-0.4, -0.2) is 23.9 Å². The SMILES string of the molecule is CCN1CC=Cc2ccc(Oc3ccc(F)cc3F)cc2C1=O. The standard InChI is InChI=1S/C18H15F2NO2/c1-2-21-9-3-4-12-5-7-14(11-15(12)18(21)22)23-17-8-6-13(19)10-16(17)20/h3-8,10-11H,2,9H2,1H3. The van der Waals surface area contributed by atoms with E-state index in [1.807, 2.05) is 19.1 Å². The maximum Gasteiger partial charge on any atom is 0.254 e. The third kappa shape index (κ3) is 3.08. The smallest absolute Gasteiger partial charge is 0.254 e. The molecule has 1 heterocycles. The molecule has 5 heteroatoms. The summed E-state index contributed by atoms with van der Waals surface area (Å²) < 4.78 is 32.1. The highest BCUT2D eigenvalue weighted by Gasteiger charge is 2.19. The van der Waals surface area contributed by atoms with E-state index in [0.29, 0.717) is 24.4 Å². The van der Waals surface area contributed by atoms with Crippen LogP contribution in [0.5, 0.6) is 11.5 Å². The molecule has 0 fully saturated rings. The Balaban J connectivity index is 1.94. The number of ether oxygens (including phenoxy) is 1. The van der Waals surface area contributed by atoms with E-state index >= 15 is 0 Å². The lowest BCUT2D eigenvalue weighted by atomic mass is 10.1. The second-order valence-electron chi connectivity index (χ2n) is 5.17. The van der Waals surface area contributed by atoms with E-state index in [1.165, 1.54) is 6.07 Å². The van der Waals surface area contributed by atoms with E-state index in [9.17, 15) is 13.6 Å². The second-order valence-corrected chi connectivity index (χ2v) is 5.17. The predicted molar refractivity (Wildman–Crippen MR) is 83.5 cm³/mol. The van der Waals surface area contributed by atoms with Crippen LogP contribution in [-0.2, 0) is 0 Å². The molecule has 0 unspecified atom stereocenters. The fourth-order valence-electron chi connectivity index (χ4n) is 2.45. The average molecular weight is 315 g/mol. The van der Waals surface area contributed by atoms with Crippen molar-refractivity contribution in [3.05, 3.63) is 65.2 Å². The second kappa shape index (κ2) is 6.20. The third-order valence-corrected chi connectivity index (χ3v) is 3.67. The lowest BCUT2D eigenvalue weighted by molar-refractivity contribution is 0.0783. The fourth-order valence-corrected chi connectivity index (χ4v) is 2.45. The Kier molecular flexibility index (Phi) is 4.10. The van der Waals surface area contributed by atoms with Crippen molar-refractivity contribution in [1.29, 1.82) is 0 Å². The van der Waals surface area contributed by atoms with Crippen molar-refractivity contribution >= 4 is 12.0 Å². The highest BCUT2D eigenvalue weighted by molar-refractivity contribution is 5.99. The zero-order valence-corrected chi connectivity index (χ0v) is 12.6. The van der Waals surface area contributed by atoms with Crippen molar-refractivity contribution in [3.8, 4) is 11.5 Å². The molecular formula is C18H15F2NO2. The summed E-state index contributed by atoms with van der Waals surface area (Å²) in [4.78, 5) is 14.2. The Morgan fingerprint density at radius 2 is 2.00 bits per heavy atom. The van der Waals surface area contributed by atoms with E-state index in [4.69, 9.17) is 4.74 Å². The molecule has 0 aliphatic carbocycles. The molecule has 0 spiro atoms. The maximum atomic E-state index is 13.7. The summed E-state index contributed by atoms with van der Waals surface area (Å²) in [6, 6.07) is 8.08. The normalized spacial score (nSPS) is 13.7. The number of amides is 1. The quantitative estimate of drug-likeness (QED) is 0.847. The molecule has 0 radical (unpaired) electrons. The monoisotopic (exact) mass is 315 g/mol. The molecule has 1 amide bonds. The first-order valence-corrected chi connectivity index (χ1v) is 7.31. The van der Waals surface area contributed by atoms with Gasteiger partial charge in [0.05, 0.1) is 5.56 Å². The molecule has 1 aliphatic rings. The largest absolute Gasteiger partial charge is 0.454 e. The molecule has 0 saturated heterocycles. The molecule has 0 aromatic heterocycles. The molecule has 1 aliphatic heterocycles. The van der Waals surface area contributed by atoms with Crippen molar-refractivity contribution in [2.45, 2.75) is 6.92 Å². The first kappa shape index (κ1) is 15.2. The van der Waals surface area contributed by atoms with Crippen LogP contribution in [0.4, 0.5) is 8.78 Å². The molecule has 2 aromatic rings. The van der Waals surface area contributed by atoms with E-state index in [-0.39, 0.29) is 11.7 Å². The minimum absolute atomic E-state index is 0.0877. The van der Waals surface area contributed by atoms with Gasteiger partial charge in [-0.3, -0.25) is 4.79 Å². The van der Waals surface area contributed by atoms with Crippen molar-refractivity contribution in [2.75, 3.05) is 13.1 Å². The minimum Gasteiger partial charge on any atom is -0.454 e. The van der Waals surface area contributed by atoms with Crippen molar-refractivity contribution < 1.29 is 18.3 Å². The predicted octanol–water partition coefficient (Wildman–Crippen LogP) is 4.25. The van der Waals surface area contributed by atoms with Gasteiger partial charge in [0.15, 0.2) is 11.6 Å². The number of benzene rings is 2. The van der Waals surface area contributed by atoms with Crippen molar-refractivity contribution in [1.82, 2.24) is 4.90 Å². The van der Waals surface area contributed by atoms with Gasteiger partial charge in [-0.15, -0.1) is 0 Å². The molecule has 2 aromatic carbocycles. The molecule has 23 heavy (non-hydrogen) atoms. The maximum absolute atomic E-state index is 13.7. The number of carbonyl (C=O) groups excluding carboxylic acids is 1. The molecule has 3 nitrogen and oxygen atoms in total. The summed E-state index contributed by atoms with van der Waals surface area (Å²) in [6.07, 6.45) is 3.80. The molecule has 118 valence electrons. The molecule has 0 atom stereocenters. The molecule has 0 bridgehead atoms. The number of nitrogens with zero attached hydrogens (tertiary/aromatic N) is 1. The zero-order chi connectivity index (χ0) is 16.4. The van der Waals surface area contributed by atoms with Gasteiger partial charge in [0, 0.05) is 19.2 Å². The summed E-state index contributed by atoms with van der Waals surface area (Å²) in [6.45, 7) is 3.05. The molecular weight excluding hydrogens is 300 g/mol. The summed E-state index contributed by atoms with van der Waals surface area (Å²) in [5.74, 6) is -1.32. The van der Waals surface area contributed by atoms with Gasteiger partial charge in [0.2, 0.25) is 0 Å². The van der Waals surface area contributed by atoms with Crippen LogP contribution in [0.1, 0.15) is 22.8 Å². The van der Waals surface area contributed by atoms with Crippen LogP contribution in [0.15, 0.2) is 42.5 Å². The van der Waals surface area contributed by atoms with Gasteiger partial charge in [-0.1, -0.05) is 18.2 Å². The van der Waals surface area contributed by atoms with Crippen LogP contribution >= 0.6 is 0 Å². The lowest BCUT2D eigenvalue weighted by Gasteiger charge is -2.18. The van der Waals surface area contributed by atoms with E-state index < -0.39 is 11.6 Å². The molecule has 3 rings (SSSR count). The van der Waals surface area contributed by atoms with Crippen LogP contribution in [0.2, 0.25) is 0 Å². The number of hydrogen-bond donors (Lipinski definition) is 0. The van der Waals surface area contributed by atoms with Gasteiger partial charge >= 0.3 is 0 Å². The molecule has 0 saturated carbocycles. The topological polar surface area (TPSA) is 29.5 Å². The van der Waals surface area contributed by atoms with Crippen molar-refractivity contribution in [2.24, 2.45) is 0 Å². The number of carbonyl (C=O) groups is 1. The van der Waals surface area contributed by atoms with Gasteiger partial charge in [-0.25, -0.2) is 8.78 Å². The third-order valence-electron chi connectivity index (χ3n) is 3.67. The summed E-state index contributed by atoms with van der Waals surface area (Å²) in [7, 11) is 0. The van der Waals surface area contributed by atoms with E-state index in [1.54, 1.807) is 23.1 Å². The van der Waals surface area contributed by atoms with E-state index in [2.05, 4.69) is 0 Å². The Bertz CT molecular complexity index is 787. The van der Waals surface area contributed by atoms with E-state index in [0.717, 1.165) is 17.7 Å². The number of rotatable bonds is 3. The summed E-state index contributed by atoms with van der Waals surface area (Å²) in [5, 5.41) is 0. The van der Waals surface area contributed by atoms with Crippen molar-refractivity contribution in [3.63, 3.8) is 0 Å². The Hall–Kier alpha value is -2.69. The number of halogens is 2. The first-order chi connectivity index (χ1) is 11.1. The Morgan fingerprint density at radius 3 is 2.74 bits per heavy atom. The fraction of sp³-hybridized carbons (Fsp3) is 0.167. The van der Waals surface area contributed by atoms with Gasteiger partial charge in [0.25, 0.3) is 5.91 Å². The van der Waals surface area contributed by atoms with Gasteiger partial charge < -0.3 is 9.64 Å². The van der Waals surface area contributed by atoms with Crippen LogP contribution in [0.25, 0.3) is 6.08 Å². The Morgan fingerprint density at radius 1 is 1.17 bits per heavy atom. The van der Waals surface area contributed by atoms with Crippen LogP contribution in [0.3, 0.4) is 0 Å². The first-order valence-electron chi connectivity index (χ1n) is 7.31. The van der Waals surface area contributed by atoms with Gasteiger partial charge in [0.1, 0.15) is 11.6 Å². The molecule has 0 N–H and O–H groups in total. The minimum atomic E-state index is -0.790. The number of fused-ring (bicyclic) bond motifs is 1. The Labute approximate surface area is 132 Å².